The standard InChI is InChI=1S/C18H24ClN3O3/c1-12-3-2-6-22(11-12)17(24)13-4-7-21(8-5-13)18(25)14-9-15(19)16(23)20-10-14/h9-10,12-13H,2-8,11H2,1H3,(H,20,23). The van der Waals surface area contributed by atoms with Crippen LogP contribution in [0, 0.1) is 11.8 Å². The summed E-state index contributed by atoms with van der Waals surface area (Å²) in [6, 6.07) is 1.40. The van der Waals surface area contributed by atoms with Crippen LogP contribution in [-0.2, 0) is 4.79 Å². The van der Waals surface area contributed by atoms with E-state index in [1.165, 1.54) is 18.7 Å². The van der Waals surface area contributed by atoms with Gasteiger partial charge < -0.3 is 14.8 Å². The van der Waals surface area contributed by atoms with E-state index in [9.17, 15) is 14.4 Å². The average Bonchev–Trinajstić information content (AvgIpc) is 2.63. The molecule has 2 saturated heterocycles. The number of rotatable bonds is 2. The number of aromatic amines is 1. The van der Waals surface area contributed by atoms with Crippen LogP contribution in [0.3, 0.4) is 0 Å². The van der Waals surface area contributed by atoms with Crippen LogP contribution in [0.5, 0.6) is 0 Å². The second-order valence-corrected chi connectivity index (χ2v) is 7.57. The first-order chi connectivity index (χ1) is 12.0. The van der Waals surface area contributed by atoms with Crippen molar-refractivity contribution in [2.45, 2.75) is 32.6 Å². The third kappa shape index (κ3) is 4.06. The van der Waals surface area contributed by atoms with Crippen molar-refractivity contribution in [2.75, 3.05) is 26.2 Å². The van der Waals surface area contributed by atoms with Crippen LogP contribution in [0.4, 0.5) is 0 Å². The van der Waals surface area contributed by atoms with Gasteiger partial charge in [0.15, 0.2) is 0 Å². The van der Waals surface area contributed by atoms with E-state index in [1.54, 1.807) is 4.90 Å². The summed E-state index contributed by atoms with van der Waals surface area (Å²) >= 11 is 5.79. The molecule has 7 heteroatoms. The molecule has 1 aromatic rings. The zero-order valence-electron chi connectivity index (χ0n) is 14.5. The molecule has 2 aliphatic rings. The Labute approximate surface area is 152 Å². The molecule has 0 bridgehead atoms. The topological polar surface area (TPSA) is 73.5 Å². The minimum absolute atomic E-state index is 0.00789. The fourth-order valence-electron chi connectivity index (χ4n) is 3.74. The summed E-state index contributed by atoms with van der Waals surface area (Å²) in [6.07, 6.45) is 5.04. The van der Waals surface area contributed by atoms with Crippen molar-refractivity contribution in [1.29, 1.82) is 0 Å². The molecule has 1 N–H and O–H groups in total. The monoisotopic (exact) mass is 365 g/mol. The highest BCUT2D eigenvalue weighted by Gasteiger charge is 2.32. The van der Waals surface area contributed by atoms with Gasteiger partial charge in [0.05, 0.1) is 5.56 Å². The minimum Gasteiger partial charge on any atom is -0.342 e. The number of carbonyl (C=O) groups is 2. The summed E-state index contributed by atoms with van der Waals surface area (Å²) in [5, 5.41) is 0.00938. The molecule has 0 spiro atoms. The Balaban J connectivity index is 1.57. The number of carbonyl (C=O) groups excluding carboxylic acids is 2. The molecule has 0 radical (unpaired) electrons. The zero-order valence-corrected chi connectivity index (χ0v) is 15.2. The van der Waals surface area contributed by atoms with Gasteiger partial charge in [-0.2, -0.15) is 0 Å². The number of hydrogen-bond acceptors (Lipinski definition) is 3. The van der Waals surface area contributed by atoms with Crippen molar-refractivity contribution in [3.63, 3.8) is 0 Å². The Bertz CT molecular complexity index is 710. The Hall–Kier alpha value is -1.82. The van der Waals surface area contributed by atoms with Crippen molar-refractivity contribution in [1.82, 2.24) is 14.8 Å². The first kappa shape index (κ1) is 18.0. The molecule has 2 aliphatic heterocycles. The third-order valence-corrected chi connectivity index (χ3v) is 5.49. The lowest BCUT2D eigenvalue weighted by atomic mass is 9.92. The molecule has 1 aromatic heterocycles. The number of amides is 2. The quantitative estimate of drug-likeness (QED) is 0.872. The number of likely N-dealkylation sites (tertiary alicyclic amines) is 2. The van der Waals surface area contributed by atoms with E-state index in [0.717, 1.165) is 19.5 Å². The molecule has 0 aromatic carbocycles. The number of nitrogens with zero attached hydrogens (tertiary/aromatic N) is 2. The Morgan fingerprint density at radius 3 is 2.52 bits per heavy atom. The van der Waals surface area contributed by atoms with E-state index in [-0.39, 0.29) is 22.8 Å². The maximum absolute atomic E-state index is 12.7. The first-order valence-corrected chi connectivity index (χ1v) is 9.30. The van der Waals surface area contributed by atoms with Crippen LogP contribution >= 0.6 is 11.6 Å². The molecule has 6 nitrogen and oxygen atoms in total. The van der Waals surface area contributed by atoms with Gasteiger partial charge in [0.25, 0.3) is 11.5 Å². The van der Waals surface area contributed by atoms with Crippen LogP contribution in [-0.4, -0.2) is 52.8 Å². The summed E-state index contributed by atoms with van der Waals surface area (Å²) in [5.74, 6) is 0.666. The number of hydrogen-bond donors (Lipinski definition) is 1. The minimum atomic E-state index is -0.404. The van der Waals surface area contributed by atoms with Crippen molar-refractivity contribution in [3.05, 3.63) is 33.2 Å². The molecule has 136 valence electrons. The van der Waals surface area contributed by atoms with Crippen LogP contribution in [0.15, 0.2) is 17.1 Å². The SMILES string of the molecule is CC1CCCN(C(=O)C2CCN(C(=O)c3c[nH]c(=O)c(Cl)c3)CC2)C1. The second-order valence-electron chi connectivity index (χ2n) is 7.16. The predicted molar refractivity (Wildman–Crippen MR) is 95.7 cm³/mol. The first-order valence-electron chi connectivity index (χ1n) is 8.92. The summed E-state index contributed by atoms with van der Waals surface area (Å²) in [7, 11) is 0. The lowest BCUT2D eigenvalue weighted by Crippen LogP contribution is -2.47. The van der Waals surface area contributed by atoms with Crippen molar-refractivity contribution in [3.8, 4) is 0 Å². The third-order valence-electron chi connectivity index (χ3n) is 5.20. The normalized spacial score (nSPS) is 22.1. The van der Waals surface area contributed by atoms with E-state index in [0.29, 0.717) is 37.4 Å². The summed E-state index contributed by atoms with van der Waals surface area (Å²) in [6.45, 7) is 5.01. The largest absolute Gasteiger partial charge is 0.342 e. The number of piperidine rings is 2. The molecule has 2 amide bonds. The molecule has 3 heterocycles. The van der Waals surface area contributed by atoms with Gasteiger partial charge in [-0.3, -0.25) is 14.4 Å². The van der Waals surface area contributed by atoms with E-state index in [4.69, 9.17) is 11.6 Å². The van der Waals surface area contributed by atoms with Crippen LogP contribution in [0.25, 0.3) is 0 Å². The zero-order chi connectivity index (χ0) is 18.0. The second kappa shape index (κ2) is 7.60. The molecule has 0 aliphatic carbocycles. The number of halogens is 1. The maximum atomic E-state index is 12.7. The lowest BCUT2D eigenvalue weighted by molar-refractivity contribution is -0.138. The Morgan fingerprint density at radius 2 is 1.88 bits per heavy atom. The van der Waals surface area contributed by atoms with Crippen LogP contribution in [0.1, 0.15) is 43.0 Å². The lowest BCUT2D eigenvalue weighted by Gasteiger charge is -2.37. The molecular weight excluding hydrogens is 342 g/mol. The van der Waals surface area contributed by atoms with E-state index >= 15 is 0 Å². The number of H-pyrrole nitrogens is 1. The highest BCUT2D eigenvalue weighted by Crippen LogP contribution is 2.24. The Morgan fingerprint density at radius 1 is 1.16 bits per heavy atom. The number of pyridine rings is 1. The molecule has 1 unspecified atom stereocenters. The maximum Gasteiger partial charge on any atom is 0.266 e. The van der Waals surface area contributed by atoms with E-state index < -0.39 is 5.56 Å². The van der Waals surface area contributed by atoms with Gasteiger partial charge in [-0.05, 0) is 37.7 Å². The average molecular weight is 366 g/mol. The molecule has 3 rings (SSSR count). The molecule has 25 heavy (non-hydrogen) atoms. The van der Waals surface area contributed by atoms with E-state index in [1.807, 2.05) is 4.90 Å². The van der Waals surface area contributed by atoms with Gasteiger partial charge in [-0.15, -0.1) is 0 Å². The summed E-state index contributed by atoms with van der Waals surface area (Å²) in [5.41, 5.74) is -0.0301. The molecule has 0 saturated carbocycles. The van der Waals surface area contributed by atoms with Crippen molar-refractivity contribution < 1.29 is 9.59 Å². The van der Waals surface area contributed by atoms with Gasteiger partial charge >= 0.3 is 0 Å². The molecule has 1 atom stereocenters. The van der Waals surface area contributed by atoms with Crippen molar-refractivity contribution in [2.24, 2.45) is 11.8 Å². The van der Waals surface area contributed by atoms with Gasteiger partial charge in [0.1, 0.15) is 5.02 Å². The van der Waals surface area contributed by atoms with Gasteiger partial charge in [-0.1, -0.05) is 18.5 Å². The summed E-state index contributed by atoms with van der Waals surface area (Å²) < 4.78 is 0. The molecule has 2 fully saturated rings. The van der Waals surface area contributed by atoms with Gasteiger partial charge in [0.2, 0.25) is 5.91 Å². The van der Waals surface area contributed by atoms with E-state index in [2.05, 4.69) is 11.9 Å². The fraction of sp³-hybridized carbons (Fsp3) is 0.611. The predicted octanol–water partition coefficient (Wildman–Crippen LogP) is 2.14. The smallest absolute Gasteiger partial charge is 0.266 e. The molecular formula is C18H24ClN3O3. The van der Waals surface area contributed by atoms with Gasteiger partial charge in [0, 0.05) is 38.3 Å². The Kier molecular flexibility index (Phi) is 5.47. The van der Waals surface area contributed by atoms with Crippen LogP contribution in [0.2, 0.25) is 5.02 Å². The highest BCUT2D eigenvalue weighted by atomic mass is 35.5. The fourth-order valence-corrected chi connectivity index (χ4v) is 3.91. The number of nitrogens with one attached hydrogen (secondary N) is 1. The summed E-state index contributed by atoms with van der Waals surface area (Å²) in [4.78, 5) is 42.7. The highest BCUT2D eigenvalue weighted by molar-refractivity contribution is 6.30. The van der Waals surface area contributed by atoms with Gasteiger partial charge in [-0.25, -0.2) is 0 Å². The van der Waals surface area contributed by atoms with Crippen molar-refractivity contribution >= 4 is 23.4 Å². The number of aromatic nitrogens is 1. The van der Waals surface area contributed by atoms with Crippen LogP contribution < -0.4 is 5.56 Å².